The van der Waals surface area contributed by atoms with Gasteiger partial charge in [-0.2, -0.15) is 5.26 Å². The number of fused-ring (bicyclic) bond motifs is 1. The second-order valence-electron chi connectivity index (χ2n) is 9.09. The average Bonchev–Trinajstić information content (AvgIpc) is 3.51. The highest BCUT2D eigenvalue weighted by atomic mass is 16.6. The Kier molecular flexibility index (Phi) is 5.37. The number of aromatic nitrogens is 2. The number of hydrogen-bond donors (Lipinski definition) is 2. The highest BCUT2D eigenvalue weighted by molar-refractivity contribution is 5.94. The van der Waals surface area contributed by atoms with Gasteiger partial charge < -0.3 is 20.3 Å². The van der Waals surface area contributed by atoms with Crippen molar-refractivity contribution in [2.75, 3.05) is 23.7 Å². The molecule has 1 saturated carbocycles. The number of carbonyl (C=O) groups excluding carboxylic acids is 1. The summed E-state index contributed by atoms with van der Waals surface area (Å²) in [5.74, 6) is 1.47. The van der Waals surface area contributed by atoms with Crippen LogP contribution in [0.15, 0.2) is 18.3 Å². The third-order valence-electron chi connectivity index (χ3n) is 5.17. The number of amides is 1. The molecule has 0 radical (unpaired) electrons. The zero-order chi connectivity index (χ0) is 21.3. The van der Waals surface area contributed by atoms with Crippen LogP contribution in [0, 0.1) is 11.3 Å². The summed E-state index contributed by atoms with van der Waals surface area (Å²) in [4.78, 5) is 23.2. The number of nitrogens with zero attached hydrogens (tertiary/aromatic N) is 4. The molecule has 30 heavy (non-hydrogen) atoms. The Balaban J connectivity index is 1.50. The number of hydrogen-bond acceptors (Lipinski definition) is 7. The van der Waals surface area contributed by atoms with Crippen molar-refractivity contribution in [1.82, 2.24) is 14.9 Å². The lowest BCUT2D eigenvalue weighted by Crippen LogP contribution is -2.47. The van der Waals surface area contributed by atoms with Gasteiger partial charge >= 0.3 is 6.09 Å². The highest BCUT2D eigenvalue weighted by Crippen LogP contribution is 2.30. The Hall–Kier alpha value is -3.08. The van der Waals surface area contributed by atoms with Crippen LogP contribution >= 0.6 is 0 Å². The Labute approximate surface area is 176 Å². The second-order valence-corrected chi connectivity index (χ2v) is 9.09. The fourth-order valence-electron chi connectivity index (χ4n) is 3.61. The maximum Gasteiger partial charge on any atom is 0.410 e. The smallest absolute Gasteiger partial charge is 0.410 e. The highest BCUT2D eigenvalue weighted by Gasteiger charge is 2.28. The van der Waals surface area contributed by atoms with Crippen molar-refractivity contribution >= 4 is 28.5 Å². The van der Waals surface area contributed by atoms with Gasteiger partial charge in [0, 0.05) is 42.1 Å². The van der Waals surface area contributed by atoms with Crippen molar-refractivity contribution in [3.63, 3.8) is 0 Å². The number of nitrogens with one attached hydrogen (secondary N) is 2. The van der Waals surface area contributed by atoms with Gasteiger partial charge in [0.1, 0.15) is 29.0 Å². The molecular weight excluding hydrogens is 380 g/mol. The fraction of sp³-hybridized carbons (Fsp3) is 0.545. The molecule has 1 unspecified atom stereocenters. The van der Waals surface area contributed by atoms with Crippen LogP contribution in [-0.2, 0) is 4.74 Å². The molecule has 2 aliphatic rings. The molecule has 1 atom stereocenters. The molecule has 2 N–H and O–H groups in total. The minimum Gasteiger partial charge on any atom is -0.444 e. The fourth-order valence-corrected chi connectivity index (χ4v) is 3.61. The number of carbonyl (C=O) groups is 1. The van der Waals surface area contributed by atoms with Gasteiger partial charge in [-0.05, 0) is 58.6 Å². The molecular formula is C22H28N6O2. The maximum absolute atomic E-state index is 12.4. The third kappa shape index (κ3) is 4.90. The molecule has 0 bridgehead atoms. The first-order chi connectivity index (χ1) is 14.3. The summed E-state index contributed by atoms with van der Waals surface area (Å²) in [6, 6.07) is 6.38. The predicted octanol–water partition coefficient (Wildman–Crippen LogP) is 3.89. The molecule has 2 aromatic rings. The van der Waals surface area contributed by atoms with Crippen LogP contribution in [-0.4, -0.2) is 51.7 Å². The van der Waals surface area contributed by atoms with Gasteiger partial charge in [-0.3, -0.25) is 0 Å². The van der Waals surface area contributed by atoms with Crippen LogP contribution in [0.5, 0.6) is 0 Å². The summed E-state index contributed by atoms with van der Waals surface area (Å²) in [7, 11) is 0. The SMILES string of the molecule is CC(C)(C)OC(=O)N1CCCC(Nc2cc3c(NC4CC4)nc(C#N)cc3cn2)C1. The molecule has 4 rings (SSSR count). The lowest BCUT2D eigenvalue weighted by Gasteiger charge is -2.34. The number of nitriles is 1. The molecule has 1 saturated heterocycles. The molecule has 2 aromatic heterocycles. The molecule has 1 aliphatic carbocycles. The van der Waals surface area contributed by atoms with Crippen LogP contribution in [0.3, 0.4) is 0 Å². The van der Waals surface area contributed by atoms with Crippen molar-refractivity contribution in [1.29, 1.82) is 5.26 Å². The van der Waals surface area contributed by atoms with E-state index in [1.165, 1.54) is 0 Å². The van der Waals surface area contributed by atoms with E-state index in [0.29, 0.717) is 24.8 Å². The molecule has 8 nitrogen and oxygen atoms in total. The molecule has 1 aliphatic heterocycles. The summed E-state index contributed by atoms with van der Waals surface area (Å²) in [5, 5.41) is 18.0. The number of pyridine rings is 2. The number of anilines is 2. The summed E-state index contributed by atoms with van der Waals surface area (Å²) in [6.45, 7) is 6.91. The molecule has 3 heterocycles. The number of piperidine rings is 1. The van der Waals surface area contributed by atoms with E-state index in [1.54, 1.807) is 17.2 Å². The van der Waals surface area contributed by atoms with Gasteiger partial charge in [-0.15, -0.1) is 0 Å². The quantitative estimate of drug-likeness (QED) is 0.791. The Morgan fingerprint density at radius 3 is 2.73 bits per heavy atom. The topological polar surface area (TPSA) is 103 Å². The maximum atomic E-state index is 12.4. The Bertz CT molecular complexity index is 990. The first kappa shape index (κ1) is 20.2. The summed E-state index contributed by atoms with van der Waals surface area (Å²) < 4.78 is 5.51. The van der Waals surface area contributed by atoms with E-state index in [1.807, 2.05) is 26.8 Å². The minimum atomic E-state index is -0.502. The molecule has 2 fully saturated rings. The number of rotatable bonds is 4. The van der Waals surface area contributed by atoms with Gasteiger partial charge in [0.15, 0.2) is 0 Å². The molecule has 0 spiro atoms. The van der Waals surface area contributed by atoms with Gasteiger partial charge in [-0.25, -0.2) is 14.8 Å². The van der Waals surface area contributed by atoms with Crippen LogP contribution in [0.2, 0.25) is 0 Å². The van der Waals surface area contributed by atoms with Gasteiger partial charge in [0.25, 0.3) is 0 Å². The van der Waals surface area contributed by atoms with Crippen molar-refractivity contribution in [2.24, 2.45) is 0 Å². The standard InChI is InChI=1S/C22H28N6O2/c1-22(2,3)30-21(29)28-8-4-5-16(13-28)25-19-10-18-14(12-24-19)9-17(11-23)27-20(18)26-15-6-7-15/h9-10,12,15-16H,4-8,13H2,1-3H3,(H,24,25)(H,26,27). The van der Waals surface area contributed by atoms with Gasteiger partial charge in [0.05, 0.1) is 0 Å². The van der Waals surface area contributed by atoms with Crippen LogP contribution in [0.1, 0.15) is 52.1 Å². The first-order valence-corrected chi connectivity index (χ1v) is 10.5. The van der Waals surface area contributed by atoms with Gasteiger partial charge in [-0.1, -0.05) is 0 Å². The predicted molar refractivity (Wildman–Crippen MR) is 115 cm³/mol. The van der Waals surface area contributed by atoms with Gasteiger partial charge in [0.2, 0.25) is 0 Å². The molecule has 158 valence electrons. The zero-order valence-corrected chi connectivity index (χ0v) is 17.7. The van der Waals surface area contributed by atoms with Crippen molar-refractivity contribution in [3.05, 3.63) is 24.0 Å². The minimum absolute atomic E-state index is 0.0994. The van der Waals surface area contributed by atoms with Crippen molar-refractivity contribution in [2.45, 2.75) is 64.1 Å². The van der Waals surface area contributed by atoms with Crippen LogP contribution < -0.4 is 10.6 Å². The molecule has 0 aromatic carbocycles. The van der Waals surface area contributed by atoms with E-state index in [9.17, 15) is 10.1 Å². The summed E-state index contributed by atoms with van der Waals surface area (Å²) >= 11 is 0. The van der Waals surface area contributed by atoms with E-state index in [2.05, 4.69) is 26.7 Å². The normalized spacial score (nSPS) is 19.3. The average molecular weight is 409 g/mol. The summed E-state index contributed by atoms with van der Waals surface area (Å²) in [6.07, 6.45) is 5.61. The van der Waals surface area contributed by atoms with Crippen molar-refractivity contribution < 1.29 is 9.53 Å². The van der Waals surface area contributed by atoms with E-state index in [0.717, 1.165) is 48.1 Å². The number of ether oxygens (including phenoxy) is 1. The van der Waals surface area contributed by atoms with E-state index < -0.39 is 5.60 Å². The molecule has 1 amide bonds. The Morgan fingerprint density at radius 1 is 1.23 bits per heavy atom. The lowest BCUT2D eigenvalue weighted by molar-refractivity contribution is 0.0206. The third-order valence-corrected chi connectivity index (χ3v) is 5.17. The van der Waals surface area contributed by atoms with Crippen LogP contribution in [0.25, 0.3) is 10.8 Å². The second kappa shape index (κ2) is 7.98. The van der Waals surface area contributed by atoms with Crippen LogP contribution in [0.4, 0.5) is 16.4 Å². The van der Waals surface area contributed by atoms with E-state index in [-0.39, 0.29) is 12.1 Å². The van der Waals surface area contributed by atoms with Crippen molar-refractivity contribution in [3.8, 4) is 6.07 Å². The first-order valence-electron chi connectivity index (χ1n) is 10.5. The largest absolute Gasteiger partial charge is 0.444 e. The Morgan fingerprint density at radius 2 is 2.03 bits per heavy atom. The van der Waals surface area contributed by atoms with E-state index in [4.69, 9.17) is 4.74 Å². The van der Waals surface area contributed by atoms with E-state index >= 15 is 0 Å². The lowest BCUT2D eigenvalue weighted by atomic mass is 10.1. The zero-order valence-electron chi connectivity index (χ0n) is 17.7. The number of likely N-dealkylation sites (tertiary alicyclic amines) is 1. The monoisotopic (exact) mass is 408 g/mol. The summed E-state index contributed by atoms with van der Waals surface area (Å²) in [5.41, 5.74) is -0.120. The molecule has 8 heteroatoms.